The van der Waals surface area contributed by atoms with Crippen LogP contribution < -0.4 is 10.1 Å². The number of aromatic nitrogens is 2. The average molecular weight is 488 g/mol. The minimum Gasteiger partial charge on any atom is -0.492 e. The summed E-state index contributed by atoms with van der Waals surface area (Å²) in [6, 6.07) is 10.1. The fourth-order valence-electron chi connectivity index (χ4n) is 3.97. The zero-order valence-electron chi connectivity index (χ0n) is 19.9. The number of nitrogens with zero attached hydrogens (tertiary/aromatic N) is 3. The van der Waals surface area contributed by atoms with Crippen molar-refractivity contribution in [3.8, 4) is 16.9 Å². The van der Waals surface area contributed by atoms with Gasteiger partial charge in [-0.2, -0.15) is 0 Å². The molecule has 0 atom stereocenters. The number of amides is 1. The van der Waals surface area contributed by atoms with Crippen molar-refractivity contribution in [2.24, 2.45) is 0 Å². The van der Waals surface area contributed by atoms with E-state index in [1.165, 1.54) is 0 Å². The Balaban J connectivity index is 0.00000324. The van der Waals surface area contributed by atoms with E-state index in [1.54, 1.807) is 13.3 Å². The lowest BCUT2D eigenvalue weighted by Crippen LogP contribution is -2.45. The van der Waals surface area contributed by atoms with Crippen molar-refractivity contribution in [2.45, 2.75) is 6.42 Å². The number of piperazine rings is 1. The third-order valence-electron chi connectivity index (χ3n) is 6.05. The van der Waals surface area contributed by atoms with Gasteiger partial charge in [0.2, 0.25) is 0 Å². The van der Waals surface area contributed by atoms with Crippen LogP contribution in [0.15, 0.2) is 42.7 Å². The molecule has 1 saturated heterocycles. The van der Waals surface area contributed by atoms with Crippen molar-refractivity contribution in [3.63, 3.8) is 0 Å². The standard InChI is InChI=1S/C25H33N5O3.ClH/c1-29-9-11-30(12-10-29)13-15-33-21-6-4-19(5-7-21)20-16-22-23(18-28-24(22)27-17-20)25(31)26-8-3-14-32-2;/h4-7,16-18H,3,8-15H2,1-2H3,(H,26,31)(H,27,28);1H. The Morgan fingerprint density at radius 1 is 1.12 bits per heavy atom. The summed E-state index contributed by atoms with van der Waals surface area (Å²) in [7, 11) is 3.82. The van der Waals surface area contributed by atoms with Gasteiger partial charge in [-0.05, 0) is 37.2 Å². The number of rotatable bonds is 10. The van der Waals surface area contributed by atoms with Gasteiger partial charge >= 0.3 is 0 Å². The highest BCUT2D eigenvalue weighted by atomic mass is 35.5. The number of halogens is 1. The van der Waals surface area contributed by atoms with E-state index in [9.17, 15) is 4.79 Å². The lowest BCUT2D eigenvalue weighted by atomic mass is 10.1. The number of nitrogens with one attached hydrogen (secondary N) is 2. The van der Waals surface area contributed by atoms with E-state index in [0.29, 0.717) is 31.0 Å². The number of pyridine rings is 1. The van der Waals surface area contributed by atoms with Crippen LogP contribution in [0, 0.1) is 0 Å². The van der Waals surface area contributed by atoms with Gasteiger partial charge in [-0.15, -0.1) is 12.4 Å². The summed E-state index contributed by atoms with van der Waals surface area (Å²) in [6.45, 7) is 7.25. The molecule has 1 fully saturated rings. The molecule has 0 spiro atoms. The van der Waals surface area contributed by atoms with Crippen LogP contribution in [0.3, 0.4) is 0 Å². The molecule has 184 valence electrons. The number of ether oxygens (including phenoxy) is 2. The molecule has 0 unspecified atom stereocenters. The SMILES string of the molecule is COCCCNC(=O)c1c[nH]c2ncc(-c3ccc(OCCN4CCN(C)CC4)cc3)cc12.Cl. The number of H-pyrrole nitrogens is 1. The first-order chi connectivity index (χ1) is 16.1. The second-order valence-corrected chi connectivity index (χ2v) is 8.44. The predicted octanol–water partition coefficient (Wildman–Crippen LogP) is 3.04. The second kappa shape index (κ2) is 12.7. The topological polar surface area (TPSA) is 82.7 Å². The molecule has 1 amide bonds. The van der Waals surface area contributed by atoms with Crippen LogP contribution in [-0.4, -0.2) is 92.3 Å². The summed E-state index contributed by atoms with van der Waals surface area (Å²) in [4.78, 5) is 25.0. The first-order valence-corrected chi connectivity index (χ1v) is 11.5. The maximum Gasteiger partial charge on any atom is 0.253 e. The summed E-state index contributed by atoms with van der Waals surface area (Å²) in [6.07, 6.45) is 4.31. The van der Waals surface area contributed by atoms with Gasteiger partial charge < -0.3 is 24.7 Å². The van der Waals surface area contributed by atoms with Crippen LogP contribution in [0.1, 0.15) is 16.8 Å². The molecule has 0 saturated carbocycles. The molecular formula is C25H34ClN5O3. The van der Waals surface area contributed by atoms with Crippen molar-refractivity contribution in [1.29, 1.82) is 0 Å². The molecule has 2 N–H and O–H groups in total. The summed E-state index contributed by atoms with van der Waals surface area (Å²) in [5, 5.41) is 3.74. The van der Waals surface area contributed by atoms with Gasteiger partial charge in [0.25, 0.3) is 5.91 Å². The number of likely N-dealkylation sites (N-methyl/N-ethyl adjacent to an activating group) is 1. The summed E-state index contributed by atoms with van der Waals surface area (Å²) in [5.74, 6) is 0.750. The van der Waals surface area contributed by atoms with Gasteiger partial charge in [0.05, 0.1) is 5.56 Å². The highest BCUT2D eigenvalue weighted by molar-refractivity contribution is 6.06. The Labute approximate surface area is 207 Å². The smallest absolute Gasteiger partial charge is 0.253 e. The molecule has 3 aromatic rings. The van der Waals surface area contributed by atoms with Crippen molar-refractivity contribution in [3.05, 3.63) is 48.3 Å². The Bertz CT molecular complexity index is 1050. The van der Waals surface area contributed by atoms with Crippen LogP contribution >= 0.6 is 12.4 Å². The van der Waals surface area contributed by atoms with E-state index >= 15 is 0 Å². The Kier molecular flexibility index (Phi) is 9.71. The zero-order chi connectivity index (χ0) is 23.0. The van der Waals surface area contributed by atoms with E-state index in [4.69, 9.17) is 9.47 Å². The lowest BCUT2D eigenvalue weighted by Gasteiger charge is -2.32. The van der Waals surface area contributed by atoms with E-state index in [-0.39, 0.29) is 18.3 Å². The Morgan fingerprint density at radius 2 is 1.88 bits per heavy atom. The van der Waals surface area contributed by atoms with Crippen molar-refractivity contribution in [2.75, 3.05) is 66.6 Å². The van der Waals surface area contributed by atoms with E-state index in [0.717, 1.165) is 61.4 Å². The normalized spacial score (nSPS) is 14.6. The highest BCUT2D eigenvalue weighted by Gasteiger charge is 2.14. The van der Waals surface area contributed by atoms with Crippen LogP contribution in [0.25, 0.3) is 22.2 Å². The highest BCUT2D eigenvalue weighted by Crippen LogP contribution is 2.26. The second-order valence-electron chi connectivity index (χ2n) is 8.44. The van der Waals surface area contributed by atoms with Crippen LogP contribution in [0.4, 0.5) is 0 Å². The Hall–Kier alpha value is -2.65. The quantitative estimate of drug-likeness (QED) is 0.428. The number of fused-ring (bicyclic) bond motifs is 1. The van der Waals surface area contributed by atoms with Crippen molar-refractivity contribution in [1.82, 2.24) is 25.1 Å². The van der Waals surface area contributed by atoms with E-state index < -0.39 is 0 Å². The molecule has 34 heavy (non-hydrogen) atoms. The molecule has 4 rings (SSSR count). The molecule has 3 heterocycles. The van der Waals surface area contributed by atoms with Crippen molar-refractivity contribution < 1.29 is 14.3 Å². The first kappa shape index (κ1) is 26.0. The molecular weight excluding hydrogens is 454 g/mol. The molecule has 0 aliphatic carbocycles. The largest absolute Gasteiger partial charge is 0.492 e. The predicted molar refractivity (Wildman–Crippen MR) is 137 cm³/mol. The molecule has 9 heteroatoms. The number of carbonyl (C=O) groups is 1. The number of hydrogen-bond acceptors (Lipinski definition) is 6. The van der Waals surface area contributed by atoms with Gasteiger partial charge in [-0.1, -0.05) is 12.1 Å². The Morgan fingerprint density at radius 3 is 2.62 bits per heavy atom. The summed E-state index contributed by atoms with van der Waals surface area (Å²) in [5.41, 5.74) is 3.29. The summed E-state index contributed by atoms with van der Waals surface area (Å²) < 4.78 is 11.0. The molecule has 2 aromatic heterocycles. The average Bonchev–Trinajstić information content (AvgIpc) is 3.27. The minimum atomic E-state index is -0.111. The lowest BCUT2D eigenvalue weighted by molar-refractivity contribution is 0.0950. The van der Waals surface area contributed by atoms with Gasteiger partial charge in [0.15, 0.2) is 0 Å². The molecule has 1 aliphatic heterocycles. The molecule has 0 radical (unpaired) electrons. The first-order valence-electron chi connectivity index (χ1n) is 11.5. The van der Waals surface area contributed by atoms with Gasteiger partial charge in [-0.3, -0.25) is 9.69 Å². The zero-order valence-corrected chi connectivity index (χ0v) is 20.7. The molecule has 8 nitrogen and oxygen atoms in total. The maximum absolute atomic E-state index is 12.6. The third-order valence-corrected chi connectivity index (χ3v) is 6.05. The summed E-state index contributed by atoms with van der Waals surface area (Å²) >= 11 is 0. The fourth-order valence-corrected chi connectivity index (χ4v) is 3.97. The fraction of sp³-hybridized carbons (Fsp3) is 0.440. The monoisotopic (exact) mass is 487 g/mol. The molecule has 1 aliphatic rings. The van der Waals surface area contributed by atoms with Gasteiger partial charge in [0.1, 0.15) is 18.0 Å². The van der Waals surface area contributed by atoms with Crippen LogP contribution in [0.5, 0.6) is 5.75 Å². The number of hydrogen-bond donors (Lipinski definition) is 2. The van der Waals surface area contributed by atoms with Crippen LogP contribution in [-0.2, 0) is 4.74 Å². The third kappa shape index (κ3) is 6.70. The van der Waals surface area contributed by atoms with E-state index in [1.807, 2.05) is 36.5 Å². The molecule has 1 aromatic carbocycles. The van der Waals surface area contributed by atoms with E-state index in [2.05, 4.69) is 32.1 Å². The van der Waals surface area contributed by atoms with Gasteiger partial charge in [0, 0.05) is 76.3 Å². The number of benzene rings is 1. The van der Waals surface area contributed by atoms with Crippen molar-refractivity contribution >= 4 is 29.3 Å². The number of methoxy groups -OCH3 is 1. The van der Waals surface area contributed by atoms with Gasteiger partial charge in [-0.25, -0.2) is 4.98 Å². The maximum atomic E-state index is 12.6. The number of carbonyl (C=O) groups excluding carboxylic acids is 1. The van der Waals surface area contributed by atoms with Crippen LogP contribution in [0.2, 0.25) is 0 Å². The number of aromatic amines is 1. The minimum absolute atomic E-state index is 0. The molecule has 0 bridgehead atoms.